The summed E-state index contributed by atoms with van der Waals surface area (Å²) < 4.78 is 0. The van der Waals surface area contributed by atoms with Crippen LogP contribution in [0.25, 0.3) is 6.08 Å². The quantitative estimate of drug-likeness (QED) is 0.401. The van der Waals surface area contributed by atoms with Gasteiger partial charge in [0, 0.05) is 61.4 Å². The zero-order valence-corrected chi connectivity index (χ0v) is 18.8. The van der Waals surface area contributed by atoms with Crippen LogP contribution >= 0.6 is 0 Å². The molecule has 6 N–H and O–H groups in total. The average Bonchev–Trinajstić information content (AvgIpc) is 3.00. The number of aliphatic hydroxyl groups is 2. The lowest BCUT2D eigenvalue weighted by molar-refractivity contribution is -0.128. The minimum atomic E-state index is -0.328. The van der Waals surface area contributed by atoms with Crippen molar-refractivity contribution < 1.29 is 19.8 Å². The Morgan fingerprint density at radius 3 is 2.74 bits per heavy atom. The van der Waals surface area contributed by atoms with Crippen LogP contribution in [0.15, 0.2) is 41.0 Å². The second kappa shape index (κ2) is 10.6. The van der Waals surface area contributed by atoms with Crippen LogP contribution < -0.4 is 16.4 Å². The van der Waals surface area contributed by atoms with Gasteiger partial charge in [-0.2, -0.15) is 0 Å². The summed E-state index contributed by atoms with van der Waals surface area (Å²) in [5, 5.41) is 24.6. The van der Waals surface area contributed by atoms with Gasteiger partial charge < -0.3 is 31.5 Å². The van der Waals surface area contributed by atoms with Gasteiger partial charge in [-0.05, 0) is 29.8 Å². The molecule has 178 valence electrons. The summed E-state index contributed by atoms with van der Waals surface area (Å²) in [4.78, 5) is 36.0. The van der Waals surface area contributed by atoms with Crippen molar-refractivity contribution in [3.63, 3.8) is 0 Å². The predicted molar refractivity (Wildman–Crippen MR) is 129 cm³/mol. The molecule has 4 rings (SSSR count). The number of nitrogens with one attached hydrogen (secondary N) is 2. The molecule has 2 amide bonds. The largest absolute Gasteiger partial charge is 0.395 e. The number of hydrogen-bond acceptors (Lipinski definition) is 8. The monoisotopic (exact) mass is 464 g/mol. The third kappa shape index (κ3) is 5.30. The van der Waals surface area contributed by atoms with E-state index in [1.165, 1.54) is 4.90 Å². The van der Waals surface area contributed by atoms with Gasteiger partial charge in [-0.1, -0.05) is 6.07 Å². The molecule has 34 heavy (non-hydrogen) atoms. The standard InChI is InChI=1S/C24H28N6O4/c25-22-12-17(24(34)30(5-7-31)6-8-32)9-15-1-2-16(11-21(15)29-22)23(33)28-19-10-18-13-26-4-3-20(18)27-14-19/h1-2,9-11,14,26,31-32H,3-8,12-13H2,(H2,25,29)(H,28,33). The molecule has 1 aromatic carbocycles. The maximum Gasteiger partial charge on any atom is 0.255 e. The Balaban J connectivity index is 1.56. The number of amidine groups is 1. The fraction of sp³-hybridized carbons (Fsp3) is 0.333. The van der Waals surface area contributed by atoms with Crippen LogP contribution in [0.3, 0.4) is 0 Å². The number of pyridine rings is 1. The molecular weight excluding hydrogens is 436 g/mol. The van der Waals surface area contributed by atoms with Crippen LogP contribution in [-0.4, -0.2) is 70.6 Å². The first kappa shape index (κ1) is 23.6. The van der Waals surface area contributed by atoms with E-state index in [1.807, 2.05) is 6.07 Å². The molecule has 2 aliphatic heterocycles. The number of fused-ring (bicyclic) bond motifs is 2. The summed E-state index contributed by atoms with van der Waals surface area (Å²) in [7, 11) is 0. The molecule has 3 heterocycles. The Labute approximate surface area is 197 Å². The molecule has 0 bridgehead atoms. The molecule has 2 aromatic rings. The molecule has 0 atom stereocenters. The van der Waals surface area contributed by atoms with Crippen molar-refractivity contribution in [3.8, 4) is 0 Å². The van der Waals surface area contributed by atoms with Crippen LogP contribution in [0.2, 0.25) is 0 Å². The Bertz CT molecular complexity index is 1150. The number of carbonyl (C=O) groups excluding carboxylic acids is 2. The highest BCUT2D eigenvalue weighted by atomic mass is 16.3. The van der Waals surface area contributed by atoms with Crippen molar-refractivity contribution in [3.05, 3.63) is 58.4 Å². The van der Waals surface area contributed by atoms with E-state index >= 15 is 0 Å². The Morgan fingerprint density at radius 1 is 1.18 bits per heavy atom. The lowest BCUT2D eigenvalue weighted by atomic mass is 10.0. The molecule has 0 aliphatic carbocycles. The molecule has 1 aromatic heterocycles. The fourth-order valence-electron chi connectivity index (χ4n) is 4.05. The first-order chi connectivity index (χ1) is 16.5. The number of rotatable bonds is 7. The normalized spacial score (nSPS) is 14.8. The number of benzene rings is 1. The molecular formula is C24H28N6O4. The number of aliphatic imine (C=N–C) groups is 1. The maximum absolute atomic E-state index is 12.9. The van der Waals surface area contributed by atoms with Gasteiger partial charge in [-0.3, -0.25) is 14.6 Å². The fourth-order valence-corrected chi connectivity index (χ4v) is 4.05. The lowest BCUT2D eigenvalue weighted by Gasteiger charge is -2.22. The molecule has 0 saturated heterocycles. The second-order valence-electron chi connectivity index (χ2n) is 8.17. The first-order valence-corrected chi connectivity index (χ1v) is 11.2. The predicted octanol–water partition coefficient (Wildman–Crippen LogP) is 0.569. The number of nitrogens with two attached hydrogens (primary N) is 1. The third-order valence-corrected chi connectivity index (χ3v) is 5.73. The van der Waals surface area contributed by atoms with E-state index in [0.717, 1.165) is 30.8 Å². The topological polar surface area (TPSA) is 153 Å². The lowest BCUT2D eigenvalue weighted by Crippen LogP contribution is -2.37. The summed E-state index contributed by atoms with van der Waals surface area (Å²) in [6.07, 6.45) is 4.33. The van der Waals surface area contributed by atoms with Crippen molar-refractivity contribution in [1.29, 1.82) is 0 Å². The maximum atomic E-state index is 12.9. The minimum absolute atomic E-state index is 0.105. The Kier molecular flexibility index (Phi) is 7.31. The second-order valence-corrected chi connectivity index (χ2v) is 8.17. The zero-order valence-electron chi connectivity index (χ0n) is 18.8. The van der Waals surface area contributed by atoms with Crippen molar-refractivity contribution >= 4 is 35.1 Å². The van der Waals surface area contributed by atoms with E-state index in [0.29, 0.717) is 28.1 Å². The molecule has 10 heteroatoms. The molecule has 0 spiro atoms. The van der Waals surface area contributed by atoms with E-state index in [2.05, 4.69) is 20.6 Å². The summed E-state index contributed by atoms with van der Waals surface area (Å²) in [6.45, 7) is 1.40. The van der Waals surface area contributed by atoms with E-state index in [9.17, 15) is 19.8 Å². The van der Waals surface area contributed by atoms with Crippen molar-refractivity contribution in [2.45, 2.75) is 19.4 Å². The van der Waals surface area contributed by atoms with Crippen molar-refractivity contribution in [1.82, 2.24) is 15.2 Å². The number of amides is 2. The molecule has 0 radical (unpaired) electrons. The van der Waals surface area contributed by atoms with Gasteiger partial charge in [-0.25, -0.2) is 4.99 Å². The number of carbonyl (C=O) groups is 2. The third-order valence-electron chi connectivity index (χ3n) is 5.73. The Morgan fingerprint density at radius 2 is 1.97 bits per heavy atom. The Hall–Kier alpha value is -3.60. The highest BCUT2D eigenvalue weighted by Crippen LogP contribution is 2.29. The number of nitrogens with zero attached hydrogens (tertiary/aromatic N) is 3. The SMILES string of the molecule is NC1=Nc2cc(C(=O)Nc3cnc4c(c3)CNCC4)ccc2C=C(C(=O)N(CCO)CCO)C1. The number of hydrogen-bond donors (Lipinski definition) is 5. The van der Waals surface area contributed by atoms with Gasteiger partial charge in [0.1, 0.15) is 5.84 Å². The van der Waals surface area contributed by atoms with Crippen molar-refractivity contribution in [2.24, 2.45) is 10.7 Å². The van der Waals surface area contributed by atoms with Gasteiger partial charge in [0.05, 0.1) is 30.8 Å². The highest BCUT2D eigenvalue weighted by Gasteiger charge is 2.22. The van der Waals surface area contributed by atoms with Gasteiger partial charge >= 0.3 is 0 Å². The van der Waals surface area contributed by atoms with Crippen LogP contribution in [-0.2, 0) is 17.8 Å². The molecule has 0 saturated carbocycles. The molecule has 10 nitrogen and oxygen atoms in total. The van der Waals surface area contributed by atoms with Crippen LogP contribution in [0, 0.1) is 0 Å². The van der Waals surface area contributed by atoms with Gasteiger partial charge in [0.15, 0.2) is 0 Å². The number of aliphatic hydroxyl groups excluding tert-OH is 2. The average molecular weight is 465 g/mol. The van der Waals surface area contributed by atoms with Gasteiger partial charge in [-0.15, -0.1) is 0 Å². The van der Waals surface area contributed by atoms with E-state index in [1.54, 1.807) is 30.5 Å². The summed E-state index contributed by atoms with van der Waals surface area (Å²) >= 11 is 0. The van der Waals surface area contributed by atoms with Gasteiger partial charge in [0.25, 0.3) is 5.91 Å². The highest BCUT2D eigenvalue weighted by molar-refractivity contribution is 6.07. The summed E-state index contributed by atoms with van der Waals surface area (Å²) in [5.41, 5.74) is 10.7. The van der Waals surface area contributed by atoms with Crippen LogP contribution in [0.4, 0.5) is 11.4 Å². The zero-order chi connectivity index (χ0) is 24.1. The van der Waals surface area contributed by atoms with Gasteiger partial charge in [0.2, 0.25) is 5.91 Å². The van der Waals surface area contributed by atoms with E-state index in [-0.39, 0.29) is 50.4 Å². The number of anilines is 1. The van der Waals surface area contributed by atoms with E-state index in [4.69, 9.17) is 5.73 Å². The molecule has 0 unspecified atom stereocenters. The summed E-state index contributed by atoms with van der Waals surface area (Å²) in [6, 6.07) is 6.94. The van der Waals surface area contributed by atoms with Crippen molar-refractivity contribution in [2.75, 3.05) is 38.2 Å². The molecule has 2 aliphatic rings. The first-order valence-electron chi connectivity index (χ1n) is 11.2. The number of aromatic nitrogens is 1. The van der Waals surface area contributed by atoms with Crippen LogP contribution in [0.5, 0.6) is 0 Å². The minimum Gasteiger partial charge on any atom is -0.395 e. The summed E-state index contributed by atoms with van der Waals surface area (Å²) in [5.74, 6) is -0.399. The van der Waals surface area contributed by atoms with Crippen LogP contribution in [0.1, 0.15) is 33.6 Å². The van der Waals surface area contributed by atoms with E-state index < -0.39 is 0 Å². The smallest absolute Gasteiger partial charge is 0.255 e. The molecule has 0 fully saturated rings.